The number of nitrogens with zero attached hydrogens (tertiary/aromatic N) is 2. The molecule has 2 aliphatic rings. The summed E-state index contributed by atoms with van der Waals surface area (Å²) in [6, 6.07) is 1.94. The Labute approximate surface area is 124 Å². The summed E-state index contributed by atoms with van der Waals surface area (Å²) in [5, 5.41) is 3.03. The van der Waals surface area contributed by atoms with Crippen LogP contribution in [0.2, 0.25) is 0 Å². The van der Waals surface area contributed by atoms with E-state index in [4.69, 9.17) is 0 Å². The molecule has 5 heteroatoms. The number of hydrogen-bond acceptors (Lipinski definition) is 3. The van der Waals surface area contributed by atoms with Crippen LogP contribution < -0.4 is 5.32 Å². The number of nitrogens with one attached hydrogen (secondary N) is 1. The van der Waals surface area contributed by atoms with Gasteiger partial charge in [0.15, 0.2) is 0 Å². The summed E-state index contributed by atoms with van der Waals surface area (Å²) < 4.78 is 0. The van der Waals surface area contributed by atoms with Crippen molar-refractivity contribution in [1.29, 1.82) is 0 Å². The molecular weight excluding hydrogens is 266 g/mol. The van der Waals surface area contributed by atoms with E-state index in [1.165, 1.54) is 19.0 Å². The van der Waals surface area contributed by atoms with Gasteiger partial charge >= 0.3 is 0 Å². The Morgan fingerprint density at radius 2 is 1.71 bits per heavy atom. The third kappa shape index (κ3) is 3.23. The Morgan fingerprint density at radius 1 is 1.05 bits per heavy atom. The second kappa shape index (κ2) is 6.24. The molecule has 2 amide bonds. The highest BCUT2D eigenvalue weighted by Gasteiger charge is 2.22. The van der Waals surface area contributed by atoms with Gasteiger partial charge in [-0.25, -0.2) is 0 Å². The van der Waals surface area contributed by atoms with Gasteiger partial charge in [-0.1, -0.05) is 12.8 Å². The molecule has 2 heterocycles. The molecule has 1 aromatic heterocycles. The van der Waals surface area contributed by atoms with Gasteiger partial charge in [0, 0.05) is 31.5 Å². The summed E-state index contributed by atoms with van der Waals surface area (Å²) in [7, 11) is 0. The lowest BCUT2D eigenvalue weighted by molar-refractivity contribution is 0.0792. The zero-order chi connectivity index (χ0) is 14.7. The van der Waals surface area contributed by atoms with Gasteiger partial charge in [0.1, 0.15) is 0 Å². The maximum Gasteiger partial charge on any atom is 0.255 e. The van der Waals surface area contributed by atoms with E-state index >= 15 is 0 Å². The van der Waals surface area contributed by atoms with Crippen LogP contribution >= 0.6 is 0 Å². The normalized spacial score (nSPS) is 19.0. The summed E-state index contributed by atoms with van der Waals surface area (Å²) in [5.41, 5.74) is 0.989. The van der Waals surface area contributed by atoms with Gasteiger partial charge in [-0.2, -0.15) is 0 Å². The van der Waals surface area contributed by atoms with E-state index < -0.39 is 0 Å². The van der Waals surface area contributed by atoms with Crippen molar-refractivity contribution < 1.29 is 9.59 Å². The molecule has 1 saturated heterocycles. The van der Waals surface area contributed by atoms with Crippen molar-refractivity contribution in [2.45, 2.75) is 44.6 Å². The van der Waals surface area contributed by atoms with Gasteiger partial charge in [-0.05, 0) is 31.7 Å². The lowest BCUT2D eigenvalue weighted by Gasteiger charge is -2.16. The van der Waals surface area contributed by atoms with Crippen LogP contribution in [-0.2, 0) is 0 Å². The molecule has 1 N–H and O–H groups in total. The van der Waals surface area contributed by atoms with E-state index in [0.717, 1.165) is 38.8 Å². The molecule has 1 aliphatic heterocycles. The van der Waals surface area contributed by atoms with Crippen LogP contribution in [0.1, 0.15) is 59.2 Å². The lowest BCUT2D eigenvalue weighted by atomic mass is 10.1. The van der Waals surface area contributed by atoms with Gasteiger partial charge in [0.2, 0.25) is 0 Å². The van der Waals surface area contributed by atoms with Crippen molar-refractivity contribution in [2.24, 2.45) is 0 Å². The van der Waals surface area contributed by atoms with Gasteiger partial charge in [-0.15, -0.1) is 0 Å². The second-order valence-electron chi connectivity index (χ2n) is 5.92. The number of carbonyl (C=O) groups is 2. The van der Waals surface area contributed by atoms with Gasteiger partial charge < -0.3 is 10.2 Å². The maximum absolute atomic E-state index is 12.3. The molecule has 0 radical (unpaired) electrons. The molecule has 3 rings (SSSR count). The largest absolute Gasteiger partial charge is 0.349 e. The molecule has 5 nitrogen and oxygen atoms in total. The standard InChI is InChI=1S/C16H21N3O2/c20-15(18-14-5-1-2-6-14)12-9-13(11-17-10-12)16(21)19-7-3-4-8-19/h9-11,14H,1-8H2,(H,18,20). The van der Waals surface area contributed by atoms with Crippen molar-refractivity contribution in [2.75, 3.05) is 13.1 Å². The van der Waals surface area contributed by atoms with Crippen molar-refractivity contribution in [3.05, 3.63) is 29.6 Å². The first-order valence-corrected chi connectivity index (χ1v) is 7.79. The molecule has 2 fully saturated rings. The smallest absolute Gasteiger partial charge is 0.255 e. The minimum absolute atomic E-state index is 0.0180. The van der Waals surface area contributed by atoms with Crippen molar-refractivity contribution >= 4 is 11.8 Å². The maximum atomic E-state index is 12.3. The van der Waals surface area contributed by atoms with Gasteiger partial charge in [0.05, 0.1) is 11.1 Å². The fourth-order valence-corrected chi connectivity index (χ4v) is 3.12. The van der Waals surface area contributed by atoms with Crippen LogP contribution in [0.25, 0.3) is 0 Å². The number of aromatic nitrogens is 1. The highest BCUT2D eigenvalue weighted by molar-refractivity contribution is 5.99. The SMILES string of the molecule is O=C(NC1CCCC1)c1cncc(C(=O)N2CCCC2)c1. The van der Waals surface area contributed by atoms with E-state index in [1.807, 2.05) is 4.90 Å². The minimum atomic E-state index is -0.120. The summed E-state index contributed by atoms with van der Waals surface area (Å²) >= 11 is 0. The van der Waals surface area contributed by atoms with E-state index in [2.05, 4.69) is 10.3 Å². The molecule has 0 aromatic carbocycles. The molecule has 21 heavy (non-hydrogen) atoms. The quantitative estimate of drug-likeness (QED) is 0.924. The Morgan fingerprint density at radius 3 is 2.43 bits per heavy atom. The molecular formula is C16H21N3O2. The van der Waals surface area contributed by atoms with E-state index in [1.54, 1.807) is 12.3 Å². The van der Waals surface area contributed by atoms with E-state index in [0.29, 0.717) is 11.1 Å². The molecule has 0 spiro atoms. The fraction of sp³-hybridized carbons (Fsp3) is 0.562. The molecule has 1 aromatic rings. The van der Waals surface area contributed by atoms with Crippen molar-refractivity contribution in [1.82, 2.24) is 15.2 Å². The molecule has 0 unspecified atom stereocenters. The third-order valence-electron chi connectivity index (χ3n) is 4.33. The first-order valence-electron chi connectivity index (χ1n) is 7.79. The first kappa shape index (κ1) is 14.0. The van der Waals surface area contributed by atoms with E-state index in [-0.39, 0.29) is 17.9 Å². The first-order chi connectivity index (χ1) is 10.2. The highest BCUT2D eigenvalue weighted by atomic mass is 16.2. The topological polar surface area (TPSA) is 62.3 Å². The minimum Gasteiger partial charge on any atom is -0.349 e. The van der Waals surface area contributed by atoms with Crippen molar-refractivity contribution in [3.63, 3.8) is 0 Å². The van der Waals surface area contributed by atoms with Gasteiger partial charge in [-0.3, -0.25) is 14.6 Å². The van der Waals surface area contributed by atoms with Crippen LogP contribution in [0.15, 0.2) is 18.5 Å². The average Bonchev–Trinajstić information content (AvgIpc) is 3.20. The van der Waals surface area contributed by atoms with Crippen LogP contribution in [0.4, 0.5) is 0 Å². The Hall–Kier alpha value is -1.91. The summed E-state index contributed by atoms with van der Waals surface area (Å²) in [6.07, 6.45) is 9.64. The highest BCUT2D eigenvalue weighted by Crippen LogP contribution is 2.18. The summed E-state index contributed by atoms with van der Waals surface area (Å²) in [4.78, 5) is 30.4. The van der Waals surface area contributed by atoms with Crippen LogP contribution in [0.5, 0.6) is 0 Å². The number of pyridine rings is 1. The van der Waals surface area contributed by atoms with Crippen molar-refractivity contribution in [3.8, 4) is 0 Å². The molecule has 1 aliphatic carbocycles. The molecule has 1 saturated carbocycles. The fourth-order valence-electron chi connectivity index (χ4n) is 3.12. The Kier molecular flexibility index (Phi) is 4.18. The zero-order valence-corrected chi connectivity index (χ0v) is 12.2. The van der Waals surface area contributed by atoms with Crippen LogP contribution in [0.3, 0.4) is 0 Å². The predicted molar refractivity (Wildman–Crippen MR) is 79.1 cm³/mol. The summed E-state index contributed by atoms with van der Waals surface area (Å²) in [5.74, 6) is -0.138. The number of hydrogen-bond donors (Lipinski definition) is 1. The zero-order valence-electron chi connectivity index (χ0n) is 12.2. The number of carbonyl (C=O) groups excluding carboxylic acids is 2. The third-order valence-corrected chi connectivity index (χ3v) is 4.33. The molecule has 112 valence electrons. The number of likely N-dealkylation sites (tertiary alicyclic amines) is 1. The predicted octanol–water partition coefficient (Wildman–Crippen LogP) is 1.99. The molecule has 0 bridgehead atoms. The van der Waals surface area contributed by atoms with Crippen LogP contribution in [0, 0.1) is 0 Å². The Balaban J connectivity index is 1.69. The van der Waals surface area contributed by atoms with E-state index in [9.17, 15) is 9.59 Å². The average molecular weight is 287 g/mol. The monoisotopic (exact) mass is 287 g/mol. The van der Waals surface area contributed by atoms with Gasteiger partial charge in [0.25, 0.3) is 11.8 Å². The second-order valence-corrected chi connectivity index (χ2v) is 5.92. The number of amides is 2. The lowest BCUT2D eigenvalue weighted by Crippen LogP contribution is -2.33. The number of rotatable bonds is 3. The summed E-state index contributed by atoms with van der Waals surface area (Å²) in [6.45, 7) is 1.61. The molecule has 0 atom stereocenters. The van der Waals surface area contributed by atoms with Crippen LogP contribution in [-0.4, -0.2) is 40.8 Å². The Bertz CT molecular complexity index is 532.